The lowest BCUT2D eigenvalue weighted by Crippen LogP contribution is -2.36. The van der Waals surface area contributed by atoms with Crippen LogP contribution >= 0.6 is 0 Å². The van der Waals surface area contributed by atoms with Crippen LogP contribution in [0.1, 0.15) is 56.6 Å². The van der Waals surface area contributed by atoms with Crippen molar-refractivity contribution >= 4 is 0 Å². The van der Waals surface area contributed by atoms with Crippen molar-refractivity contribution in [2.75, 3.05) is 0 Å². The van der Waals surface area contributed by atoms with Gasteiger partial charge in [-0.05, 0) is 37.7 Å². The van der Waals surface area contributed by atoms with Crippen molar-refractivity contribution in [3.05, 3.63) is 35.4 Å². The average molecular weight is 245 g/mol. The normalized spacial score (nSPS) is 18.8. The van der Waals surface area contributed by atoms with Crippen molar-refractivity contribution in [1.29, 1.82) is 0 Å². The molecule has 0 bridgehead atoms. The molecule has 1 saturated carbocycles. The van der Waals surface area contributed by atoms with Crippen LogP contribution in [0.15, 0.2) is 24.3 Å². The largest absolute Gasteiger partial charge is 0.310 e. The summed E-state index contributed by atoms with van der Waals surface area (Å²) in [6, 6.07) is 9.62. The van der Waals surface area contributed by atoms with E-state index in [0.717, 1.165) is 12.5 Å². The molecule has 1 aromatic rings. The first-order valence-corrected chi connectivity index (χ1v) is 7.58. The van der Waals surface area contributed by atoms with E-state index in [9.17, 15) is 0 Å². The second kappa shape index (κ2) is 6.94. The molecule has 1 nitrogen and oxygen atoms in total. The van der Waals surface area contributed by atoms with Gasteiger partial charge < -0.3 is 5.32 Å². The molecule has 18 heavy (non-hydrogen) atoms. The van der Waals surface area contributed by atoms with Crippen LogP contribution in [0.4, 0.5) is 0 Å². The number of benzene rings is 1. The maximum absolute atomic E-state index is 3.77. The summed E-state index contributed by atoms with van der Waals surface area (Å²) < 4.78 is 0. The Morgan fingerprint density at radius 2 is 1.78 bits per heavy atom. The molecular weight excluding hydrogens is 218 g/mol. The zero-order valence-electron chi connectivity index (χ0n) is 11.9. The van der Waals surface area contributed by atoms with Gasteiger partial charge in [-0.25, -0.2) is 0 Å². The molecule has 2 rings (SSSR count). The molecule has 0 spiro atoms. The number of rotatable bonds is 5. The van der Waals surface area contributed by atoms with Crippen molar-refractivity contribution in [2.24, 2.45) is 5.92 Å². The van der Waals surface area contributed by atoms with Crippen molar-refractivity contribution in [3.8, 4) is 0 Å². The summed E-state index contributed by atoms with van der Waals surface area (Å²) in [6.45, 7) is 5.49. The minimum absolute atomic E-state index is 0.714. The van der Waals surface area contributed by atoms with Crippen molar-refractivity contribution < 1.29 is 0 Å². The monoisotopic (exact) mass is 245 g/mol. The van der Waals surface area contributed by atoms with E-state index in [2.05, 4.69) is 43.4 Å². The van der Waals surface area contributed by atoms with Gasteiger partial charge in [0.15, 0.2) is 0 Å². The van der Waals surface area contributed by atoms with E-state index in [4.69, 9.17) is 0 Å². The Morgan fingerprint density at radius 3 is 2.39 bits per heavy atom. The van der Waals surface area contributed by atoms with Crippen molar-refractivity contribution in [2.45, 2.75) is 65.0 Å². The van der Waals surface area contributed by atoms with Gasteiger partial charge in [-0.15, -0.1) is 0 Å². The number of aryl methyl sites for hydroxylation is 1. The van der Waals surface area contributed by atoms with Crippen molar-refractivity contribution in [1.82, 2.24) is 5.32 Å². The van der Waals surface area contributed by atoms with Crippen molar-refractivity contribution in [3.63, 3.8) is 0 Å². The van der Waals surface area contributed by atoms with Crippen LogP contribution in [0, 0.1) is 12.8 Å². The van der Waals surface area contributed by atoms with E-state index < -0.39 is 0 Å². The molecule has 1 aliphatic carbocycles. The molecule has 1 heteroatoms. The Bertz CT molecular complexity index is 335. The van der Waals surface area contributed by atoms with Gasteiger partial charge >= 0.3 is 0 Å². The third kappa shape index (κ3) is 3.84. The molecule has 0 aliphatic heterocycles. The molecule has 100 valence electrons. The Hall–Kier alpha value is -0.820. The first-order chi connectivity index (χ1) is 8.79. The maximum atomic E-state index is 3.77. The maximum Gasteiger partial charge on any atom is 0.0208 e. The molecule has 1 atom stereocenters. The van der Waals surface area contributed by atoms with E-state index in [0.29, 0.717) is 6.04 Å². The summed E-state index contributed by atoms with van der Waals surface area (Å²) in [4.78, 5) is 0. The third-order valence-electron chi connectivity index (χ3n) is 4.35. The van der Waals surface area contributed by atoms with Crippen LogP contribution in [0.5, 0.6) is 0 Å². The van der Waals surface area contributed by atoms with Crippen LogP contribution < -0.4 is 5.32 Å². The smallest absolute Gasteiger partial charge is 0.0208 e. The molecular formula is C17H27N. The van der Waals surface area contributed by atoms with Gasteiger partial charge in [0.1, 0.15) is 0 Å². The van der Waals surface area contributed by atoms with Gasteiger partial charge in [-0.1, -0.05) is 56.0 Å². The standard InChI is InChI=1S/C17H27N/c1-3-17(16-7-5-4-6-8-16)18-13-15-11-9-14(2)10-12-15/h9-12,16-18H,3-8,13H2,1-2H3. The summed E-state index contributed by atoms with van der Waals surface area (Å²) in [5, 5.41) is 3.77. The molecule has 1 aliphatic rings. The lowest BCUT2D eigenvalue weighted by Gasteiger charge is -2.30. The molecule has 1 unspecified atom stereocenters. The summed E-state index contributed by atoms with van der Waals surface area (Å²) in [5.74, 6) is 0.911. The van der Waals surface area contributed by atoms with Gasteiger partial charge in [0, 0.05) is 12.6 Å². The lowest BCUT2D eigenvalue weighted by atomic mass is 9.83. The lowest BCUT2D eigenvalue weighted by molar-refractivity contribution is 0.262. The topological polar surface area (TPSA) is 12.0 Å². The highest BCUT2D eigenvalue weighted by molar-refractivity contribution is 5.21. The highest BCUT2D eigenvalue weighted by Gasteiger charge is 2.21. The Kier molecular flexibility index (Phi) is 5.25. The number of nitrogens with one attached hydrogen (secondary N) is 1. The fourth-order valence-corrected chi connectivity index (χ4v) is 3.14. The van der Waals surface area contributed by atoms with Crippen LogP contribution in [-0.4, -0.2) is 6.04 Å². The van der Waals surface area contributed by atoms with Crippen LogP contribution in [0.2, 0.25) is 0 Å². The highest BCUT2D eigenvalue weighted by Crippen LogP contribution is 2.27. The van der Waals surface area contributed by atoms with E-state index in [1.54, 1.807) is 0 Å². The summed E-state index contributed by atoms with van der Waals surface area (Å²) in [7, 11) is 0. The first kappa shape index (κ1) is 13.6. The molecule has 1 fully saturated rings. The summed E-state index contributed by atoms with van der Waals surface area (Å²) in [5.41, 5.74) is 2.76. The minimum atomic E-state index is 0.714. The first-order valence-electron chi connectivity index (χ1n) is 7.58. The van der Waals surface area contributed by atoms with E-state index in [1.165, 1.54) is 49.7 Å². The Labute approximate surface area is 112 Å². The molecule has 0 saturated heterocycles. The SMILES string of the molecule is CCC(NCc1ccc(C)cc1)C1CCCCC1. The second-order valence-corrected chi connectivity index (χ2v) is 5.78. The predicted octanol–water partition coefficient (Wildman–Crippen LogP) is 4.44. The summed E-state index contributed by atoms with van der Waals surface area (Å²) >= 11 is 0. The van der Waals surface area contributed by atoms with E-state index in [1.807, 2.05) is 0 Å². The molecule has 1 aromatic carbocycles. The van der Waals surface area contributed by atoms with Gasteiger partial charge in [0.25, 0.3) is 0 Å². The summed E-state index contributed by atoms with van der Waals surface area (Å²) in [6.07, 6.45) is 8.45. The molecule has 0 aromatic heterocycles. The van der Waals surface area contributed by atoms with Crippen LogP contribution in [0.25, 0.3) is 0 Å². The third-order valence-corrected chi connectivity index (χ3v) is 4.35. The molecule has 0 radical (unpaired) electrons. The highest BCUT2D eigenvalue weighted by atomic mass is 14.9. The van der Waals surface area contributed by atoms with E-state index >= 15 is 0 Å². The quantitative estimate of drug-likeness (QED) is 0.808. The molecule has 0 heterocycles. The fraction of sp³-hybridized carbons (Fsp3) is 0.647. The Morgan fingerprint density at radius 1 is 1.11 bits per heavy atom. The van der Waals surface area contributed by atoms with E-state index in [-0.39, 0.29) is 0 Å². The number of hydrogen-bond acceptors (Lipinski definition) is 1. The van der Waals surface area contributed by atoms with Gasteiger partial charge in [0.05, 0.1) is 0 Å². The van der Waals surface area contributed by atoms with Gasteiger partial charge in [-0.3, -0.25) is 0 Å². The molecule has 1 N–H and O–H groups in total. The Balaban J connectivity index is 1.84. The zero-order valence-corrected chi connectivity index (χ0v) is 11.9. The minimum Gasteiger partial charge on any atom is -0.310 e. The zero-order chi connectivity index (χ0) is 12.8. The fourth-order valence-electron chi connectivity index (χ4n) is 3.14. The predicted molar refractivity (Wildman–Crippen MR) is 78.7 cm³/mol. The van der Waals surface area contributed by atoms with Crippen LogP contribution in [0.3, 0.4) is 0 Å². The second-order valence-electron chi connectivity index (χ2n) is 5.78. The number of hydrogen-bond donors (Lipinski definition) is 1. The van der Waals surface area contributed by atoms with Crippen LogP contribution in [-0.2, 0) is 6.54 Å². The van der Waals surface area contributed by atoms with Gasteiger partial charge in [0.2, 0.25) is 0 Å². The van der Waals surface area contributed by atoms with Gasteiger partial charge in [-0.2, -0.15) is 0 Å². The molecule has 0 amide bonds. The average Bonchev–Trinajstić information content (AvgIpc) is 2.43.